The van der Waals surface area contributed by atoms with E-state index in [0.717, 1.165) is 25.7 Å². The molecular formula is C11H17NO3. The maximum atomic E-state index is 11.9. The van der Waals surface area contributed by atoms with Crippen LogP contribution in [0.5, 0.6) is 0 Å². The molecule has 2 fully saturated rings. The lowest BCUT2D eigenvalue weighted by Crippen LogP contribution is -2.42. The van der Waals surface area contributed by atoms with Gasteiger partial charge >= 0.3 is 5.97 Å². The Morgan fingerprint density at radius 1 is 1.67 bits per heavy atom. The molecule has 4 heteroatoms. The Morgan fingerprint density at radius 2 is 2.47 bits per heavy atom. The van der Waals surface area contributed by atoms with Crippen LogP contribution in [0.25, 0.3) is 0 Å². The van der Waals surface area contributed by atoms with E-state index in [-0.39, 0.29) is 18.0 Å². The first kappa shape index (κ1) is 10.5. The molecule has 15 heavy (non-hydrogen) atoms. The van der Waals surface area contributed by atoms with Crippen LogP contribution in [0, 0.1) is 10.8 Å². The first-order chi connectivity index (χ1) is 7.19. The van der Waals surface area contributed by atoms with Crippen molar-refractivity contribution in [2.75, 3.05) is 6.61 Å². The Balaban J connectivity index is 2.21. The van der Waals surface area contributed by atoms with E-state index in [1.807, 2.05) is 6.92 Å². The molecule has 0 aromatic rings. The molecular weight excluding hydrogens is 194 g/mol. The number of fused-ring (bicyclic) bond motifs is 1. The lowest BCUT2D eigenvalue weighted by Gasteiger charge is -2.34. The predicted molar refractivity (Wildman–Crippen MR) is 54.8 cm³/mol. The van der Waals surface area contributed by atoms with Gasteiger partial charge in [-0.3, -0.25) is 10.2 Å². The highest BCUT2D eigenvalue weighted by Crippen LogP contribution is 2.47. The van der Waals surface area contributed by atoms with Crippen LogP contribution in [0.1, 0.15) is 39.0 Å². The van der Waals surface area contributed by atoms with E-state index in [9.17, 15) is 4.79 Å². The molecule has 1 saturated carbocycles. The zero-order chi connectivity index (χ0) is 10.9. The van der Waals surface area contributed by atoms with Crippen LogP contribution in [-0.2, 0) is 14.3 Å². The number of esters is 1. The van der Waals surface area contributed by atoms with E-state index >= 15 is 0 Å². The van der Waals surface area contributed by atoms with Crippen LogP contribution in [0.2, 0.25) is 0 Å². The van der Waals surface area contributed by atoms with Gasteiger partial charge in [0.15, 0.2) is 5.90 Å². The van der Waals surface area contributed by atoms with Gasteiger partial charge in [0.2, 0.25) is 0 Å². The third-order valence-corrected chi connectivity index (χ3v) is 3.40. The molecule has 2 rings (SSSR count). The van der Waals surface area contributed by atoms with Gasteiger partial charge in [0.05, 0.1) is 6.61 Å². The average molecular weight is 211 g/mol. The number of nitrogens with one attached hydrogen (secondary N) is 1. The number of rotatable bonds is 2. The molecule has 1 heterocycles. The SMILES string of the molecule is CCOC(=O)[C@]12CCCC[C@@H]1OC(=N)C2. The Hall–Kier alpha value is -1.06. The minimum absolute atomic E-state index is 0.113. The van der Waals surface area contributed by atoms with Gasteiger partial charge in [-0.15, -0.1) is 0 Å². The van der Waals surface area contributed by atoms with E-state index in [1.165, 1.54) is 0 Å². The molecule has 1 aliphatic carbocycles. The highest BCUT2D eigenvalue weighted by molar-refractivity contribution is 5.88. The van der Waals surface area contributed by atoms with Crippen molar-refractivity contribution in [1.82, 2.24) is 0 Å². The van der Waals surface area contributed by atoms with Crippen LogP contribution < -0.4 is 0 Å². The number of hydrogen-bond donors (Lipinski definition) is 1. The monoisotopic (exact) mass is 211 g/mol. The Bertz CT molecular complexity index is 290. The zero-order valence-corrected chi connectivity index (χ0v) is 9.04. The molecule has 0 radical (unpaired) electrons. The molecule has 1 N–H and O–H groups in total. The Kier molecular flexibility index (Phi) is 2.67. The van der Waals surface area contributed by atoms with Crippen molar-refractivity contribution in [2.45, 2.75) is 45.1 Å². The van der Waals surface area contributed by atoms with Gasteiger partial charge in [0.25, 0.3) is 0 Å². The third kappa shape index (κ3) is 1.62. The molecule has 0 aromatic heterocycles. The summed E-state index contributed by atoms with van der Waals surface area (Å²) in [7, 11) is 0. The summed E-state index contributed by atoms with van der Waals surface area (Å²) < 4.78 is 10.5. The first-order valence-corrected chi connectivity index (χ1v) is 5.60. The largest absolute Gasteiger partial charge is 0.477 e. The summed E-state index contributed by atoms with van der Waals surface area (Å²) in [6.07, 6.45) is 4.11. The summed E-state index contributed by atoms with van der Waals surface area (Å²) in [6, 6.07) is 0. The average Bonchev–Trinajstić information content (AvgIpc) is 2.55. The summed E-state index contributed by atoms with van der Waals surface area (Å²) in [5, 5.41) is 7.56. The van der Waals surface area contributed by atoms with Crippen LogP contribution >= 0.6 is 0 Å². The molecule has 1 aliphatic heterocycles. The lowest BCUT2D eigenvalue weighted by atomic mass is 9.71. The highest BCUT2D eigenvalue weighted by Gasteiger charge is 2.55. The van der Waals surface area contributed by atoms with E-state index < -0.39 is 5.41 Å². The summed E-state index contributed by atoms with van der Waals surface area (Å²) >= 11 is 0. The Morgan fingerprint density at radius 3 is 3.20 bits per heavy atom. The van der Waals surface area contributed by atoms with Crippen LogP contribution in [0.3, 0.4) is 0 Å². The van der Waals surface area contributed by atoms with E-state index in [4.69, 9.17) is 14.9 Å². The summed E-state index contributed by atoms with van der Waals surface area (Å²) in [5.41, 5.74) is -0.536. The van der Waals surface area contributed by atoms with E-state index in [0.29, 0.717) is 13.0 Å². The fourth-order valence-electron chi connectivity index (χ4n) is 2.66. The molecule has 0 amide bonds. The molecule has 0 bridgehead atoms. The van der Waals surface area contributed by atoms with Gasteiger partial charge in [0, 0.05) is 6.42 Å². The van der Waals surface area contributed by atoms with Gasteiger partial charge in [-0.25, -0.2) is 0 Å². The van der Waals surface area contributed by atoms with Crippen molar-refractivity contribution < 1.29 is 14.3 Å². The van der Waals surface area contributed by atoms with Gasteiger partial charge in [-0.2, -0.15) is 0 Å². The zero-order valence-electron chi connectivity index (χ0n) is 9.04. The van der Waals surface area contributed by atoms with E-state index in [1.54, 1.807) is 0 Å². The van der Waals surface area contributed by atoms with Crippen molar-refractivity contribution in [3.63, 3.8) is 0 Å². The standard InChI is InChI=1S/C11H17NO3/c1-2-14-10(13)11-6-4-3-5-8(11)15-9(12)7-11/h8,12H,2-7H2,1H3/t8-,11-/m0/s1. The summed E-state index contributed by atoms with van der Waals surface area (Å²) in [5.74, 6) is 0.0758. The maximum Gasteiger partial charge on any atom is 0.316 e. The van der Waals surface area contributed by atoms with Gasteiger partial charge < -0.3 is 9.47 Å². The molecule has 0 aromatic carbocycles. The lowest BCUT2D eigenvalue weighted by molar-refractivity contribution is -0.161. The van der Waals surface area contributed by atoms with Crippen LogP contribution in [-0.4, -0.2) is 24.6 Å². The second-order valence-corrected chi connectivity index (χ2v) is 4.33. The molecule has 4 nitrogen and oxygen atoms in total. The van der Waals surface area contributed by atoms with Crippen molar-refractivity contribution in [3.8, 4) is 0 Å². The molecule has 1 saturated heterocycles. The normalized spacial score (nSPS) is 34.5. The topological polar surface area (TPSA) is 59.4 Å². The van der Waals surface area contributed by atoms with Gasteiger partial charge in [-0.1, -0.05) is 6.42 Å². The molecule has 0 unspecified atom stereocenters. The first-order valence-electron chi connectivity index (χ1n) is 5.60. The van der Waals surface area contributed by atoms with Crippen molar-refractivity contribution in [1.29, 1.82) is 5.41 Å². The Labute approximate surface area is 89.5 Å². The minimum atomic E-state index is -0.536. The van der Waals surface area contributed by atoms with Crippen LogP contribution in [0.15, 0.2) is 0 Å². The minimum Gasteiger partial charge on any atom is -0.477 e. The quantitative estimate of drug-likeness (QED) is 0.709. The predicted octanol–water partition coefficient (Wildman–Crippen LogP) is 1.88. The molecule has 2 aliphatic rings. The fraction of sp³-hybridized carbons (Fsp3) is 0.818. The summed E-state index contributed by atoms with van der Waals surface area (Å²) in [4.78, 5) is 11.9. The maximum absolute atomic E-state index is 11.9. The molecule has 0 spiro atoms. The van der Waals surface area contributed by atoms with Gasteiger partial charge in [-0.05, 0) is 26.2 Å². The van der Waals surface area contributed by atoms with Gasteiger partial charge in [0.1, 0.15) is 11.5 Å². The summed E-state index contributed by atoms with van der Waals surface area (Å²) in [6.45, 7) is 2.22. The van der Waals surface area contributed by atoms with Crippen molar-refractivity contribution >= 4 is 11.9 Å². The fourth-order valence-corrected chi connectivity index (χ4v) is 2.66. The number of carbonyl (C=O) groups is 1. The van der Waals surface area contributed by atoms with Crippen LogP contribution in [0.4, 0.5) is 0 Å². The van der Waals surface area contributed by atoms with E-state index in [2.05, 4.69) is 0 Å². The molecule has 2 atom stereocenters. The smallest absolute Gasteiger partial charge is 0.316 e. The number of carbonyl (C=O) groups excluding carboxylic acids is 1. The molecule has 84 valence electrons. The number of ether oxygens (including phenoxy) is 2. The third-order valence-electron chi connectivity index (χ3n) is 3.40. The second kappa shape index (κ2) is 3.83. The highest BCUT2D eigenvalue weighted by atomic mass is 16.5. The number of hydrogen-bond acceptors (Lipinski definition) is 4. The second-order valence-electron chi connectivity index (χ2n) is 4.33. The van der Waals surface area contributed by atoms with Crippen molar-refractivity contribution in [2.24, 2.45) is 5.41 Å². The van der Waals surface area contributed by atoms with Crippen molar-refractivity contribution in [3.05, 3.63) is 0 Å².